The van der Waals surface area contributed by atoms with Crippen LogP contribution in [0.4, 0.5) is 0 Å². The number of allylic oxidation sites excluding steroid dienone is 7. The van der Waals surface area contributed by atoms with E-state index in [4.69, 9.17) is 0 Å². The number of hydrogen-bond donors (Lipinski definition) is 2. The molecule has 0 aromatic carbocycles. The zero-order valence-corrected chi connectivity index (χ0v) is 15.6. The number of nitrogens with one attached hydrogen (secondary N) is 1. The maximum Gasteiger partial charge on any atom is 0.243 e. The van der Waals surface area contributed by atoms with Gasteiger partial charge in [-0.15, -0.1) is 0 Å². The minimum Gasteiger partial charge on any atom is -0.388 e. The number of aliphatic hydroxyl groups is 1. The molecule has 1 atom stereocenters. The molecule has 3 heteroatoms. The summed E-state index contributed by atoms with van der Waals surface area (Å²) in [7, 11) is 0. The van der Waals surface area contributed by atoms with Gasteiger partial charge in [-0.1, -0.05) is 75.1 Å². The topological polar surface area (TPSA) is 49.3 Å². The zero-order chi connectivity index (χ0) is 18.1. The van der Waals surface area contributed by atoms with E-state index in [0.29, 0.717) is 6.54 Å². The summed E-state index contributed by atoms with van der Waals surface area (Å²) in [6.45, 7) is 6.24. The summed E-state index contributed by atoms with van der Waals surface area (Å²) in [6, 6.07) is 0. The lowest BCUT2D eigenvalue weighted by molar-refractivity contribution is -0.117. The third-order valence-electron chi connectivity index (χ3n) is 3.64. The Morgan fingerprint density at radius 3 is 2.46 bits per heavy atom. The molecule has 0 fully saturated rings. The van der Waals surface area contributed by atoms with E-state index in [9.17, 15) is 9.90 Å². The summed E-state index contributed by atoms with van der Waals surface area (Å²) in [4.78, 5) is 11.7. The van der Waals surface area contributed by atoms with E-state index >= 15 is 0 Å². The van der Waals surface area contributed by atoms with Gasteiger partial charge in [-0.05, 0) is 39.2 Å². The molecule has 1 amide bonds. The lowest BCUT2D eigenvalue weighted by atomic mass is 9.98. The molecule has 0 aliphatic carbocycles. The first-order valence-electron chi connectivity index (χ1n) is 9.13. The second kappa shape index (κ2) is 14.9. The van der Waals surface area contributed by atoms with Gasteiger partial charge in [0.05, 0.1) is 5.60 Å². The summed E-state index contributed by atoms with van der Waals surface area (Å²) < 4.78 is 0. The number of carbonyl (C=O) groups is 1. The van der Waals surface area contributed by atoms with E-state index in [-0.39, 0.29) is 5.91 Å². The Morgan fingerprint density at radius 2 is 1.75 bits per heavy atom. The smallest absolute Gasteiger partial charge is 0.243 e. The molecule has 0 aliphatic rings. The minimum atomic E-state index is -0.820. The average molecular weight is 334 g/mol. The maximum absolute atomic E-state index is 11.7. The van der Waals surface area contributed by atoms with E-state index in [2.05, 4.69) is 18.3 Å². The van der Waals surface area contributed by atoms with Crippen molar-refractivity contribution >= 4 is 5.91 Å². The highest BCUT2D eigenvalue weighted by molar-refractivity contribution is 5.87. The summed E-state index contributed by atoms with van der Waals surface area (Å²) in [5.74, 6) is -0.138. The first-order valence-corrected chi connectivity index (χ1v) is 9.13. The Hall–Kier alpha value is -1.61. The molecule has 2 N–H and O–H groups in total. The first-order chi connectivity index (χ1) is 11.5. The Labute approximate surface area is 148 Å². The van der Waals surface area contributed by atoms with E-state index in [0.717, 1.165) is 32.1 Å². The van der Waals surface area contributed by atoms with Crippen LogP contribution < -0.4 is 5.32 Å². The van der Waals surface area contributed by atoms with Crippen LogP contribution in [0.25, 0.3) is 0 Å². The molecule has 0 saturated heterocycles. The largest absolute Gasteiger partial charge is 0.388 e. The van der Waals surface area contributed by atoms with Crippen molar-refractivity contribution in [3.8, 4) is 0 Å². The summed E-state index contributed by atoms with van der Waals surface area (Å²) in [6.07, 6.45) is 22.4. The SMILES string of the molecule is CC=CC=CC=CCCC=CC(=O)NCC(C)(O)CCCCCC. The van der Waals surface area contributed by atoms with Crippen LogP contribution in [-0.2, 0) is 4.79 Å². The molecule has 0 rings (SSSR count). The molecule has 24 heavy (non-hydrogen) atoms. The second-order valence-corrected chi connectivity index (χ2v) is 6.34. The van der Waals surface area contributed by atoms with Crippen LogP contribution in [0.1, 0.15) is 65.7 Å². The highest BCUT2D eigenvalue weighted by Gasteiger charge is 2.19. The van der Waals surface area contributed by atoms with E-state index in [1.807, 2.05) is 43.4 Å². The van der Waals surface area contributed by atoms with Crippen molar-refractivity contribution in [3.05, 3.63) is 48.6 Å². The Kier molecular flexibility index (Phi) is 13.9. The first kappa shape index (κ1) is 22.4. The van der Waals surface area contributed by atoms with Gasteiger partial charge in [-0.25, -0.2) is 0 Å². The van der Waals surface area contributed by atoms with E-state index < -0.39 is 5.60 Å². The van der Waals surface area contributed by atoms with Gasteiger partial charge in [0.2, 0.25) is 5.91 Å². The molecular formula is C21H35NO2. The predicted molar refractivity (Wildman–Crippen MR) is 104 cm³/mol. The number of amides is 1. The van der Waals surface area contributed by atoms with Crippen molar-refractivity contribution in [2.45, 2.75) is 71.3 Å². The molecule has 136 valence electrons. The summed E-state index contributed by atoms with van der Waals surface area (Å²) in [5, 5.41) is 13.0. The van der Waals surface area contributed by atoms with Crippen LogP contribution in [0, 0.1) is 0 Å². The van der Waals surface area contributed by atoms with Gasteiger partial charge in [0.25, 0.3) is 0 Å². The standard InChI is InChI=1S/C21H35NO2/c1-4-6-8-10-11-12-13-14-15-17-20(23)22-19-21(3,24)18-16-9-7-5-2/h4,6,8,10-12,15,17,24H,5,7,9,13-14,16,18-19H2,1-3H3,(H,22,23). The normalized spacial score (nSPS) is 15.0. The van der Waals surface area contributed by atoms with Crippen molar-refractivity contribution < 1.29 is 9.90 Å². The Balaban J connectivity index is 3.83. The molecule has 0 bridgehead atoms. The monoisotopic (exact) mass is 333 g/mol. The summed E-state index contributed by atoms with van der Waals surface area (Å²) in [5.41, 5.74) is -0.820. The highest BCUT2D eigenvalue weighted by Crippen LogP contribution is 2.14. The van der Waals surface area contributed by atoms with Gasteiger partial charge in [-0.3, -0.25) is 4.79 Å². The molecule has 0 saturated carbocycles. The molecule has 3 nitrogen and oxygen atoms in total. The molecule has 1 unspecified atom stereocenters. The van der Waals surface area contributed by atoms with Crippen LogP contribution in [-0.4, -0.2) is 23.2 Å². The van der Waals surface area contributed by atoms with Crippen LogP contribution in [0.3, 0.4) is 0 Å². The molecule has 0 aromatic heterocycles. The van der Waals surface area contributed by atoms with Gasteiger partial charge < -0.3 is 10.4 Å². The van der Waals surface area contributed by atoms with Crippen molar-refractivity contribution in [2.24, 2.45) is 0 Å². The lowest BCUT2D eigenvalue weighted by Crippen LogP contribution is -2.40. The maximum atomic E-state index is 11.7. The lowest BCUT2D eigenvalue weighted by Gasteiger charge is -2.23. The fraction of sp³-hybridized carbons (Fsp3) is 0.571. The summed E-state index contributed by atoms with van der Waals surface area (Å²) >= 11 is 0. The minimum absolute atomic E-state index is 0.138. The van der Waals surface area contributed by atoms with Crippen LogP contribution in [0.15, 0.2) is 48.6 Å². The van der Waals surface area contributed by atoms with Gasteiger partial charge in [0.1, 0.15) is 0 Å². The highest BCUT2D eigenvalue weighted by atomic mass is 16.3. The number of rotatable bonds is 13. The fourth-order valence-electron chi connectivity index (χ4n) is 2.15. The molecule has 0 aromatic rings. The van der Waals surface area contributed by atoms with Crippen molar-refractivity contribution in [2.75, 3.05) is 6.54 Å². The van der Waals surface area contributed by atoms with Crippen LogP contribution >= 0.6 is 0 Å². The predicted octanol–water partition coefficient (Wildman–Crippen LogP) is 4.85. The van der Waals surface area contributed by atoms with E-state index in [1.165, 1.54) is 12.8 Å². The molecule has 0 heterocycles. The molecular weight excluding hydrogens is 298 g/mol. The number of carbonyl (C=O) groups excluding carboxylic acids is 1. The molecule has 0 spiro atoms. The van der Waals surface area contributed by atoms with Gasteiger partial charge in [-0.2, -0.15) is 0 Å². The number of hydrogen-bond acceptors (Lipinski definition) is 2. The zero-order valence-electron chi connectivity index (χ0n) is 15.6. The molecule has 0 radical (unpaired) electrons. The number of unbranched alkanes of at least 4 members (excludes halogenated alkanes) is 4. The van der Waals surface area contributed by atoms with E-state index in [1.54, 1.807) is 13.0 Å². The van der Waals surface area contributed by atoms with Crippen molar-refractivity contribution in [3.63, 3.8) is 0 Å². The van der Waals surface area contributed by atoms with Crippen molar-refractivity contribution in [1.82, 2.24) is 5.32 Å². The Bertz CT molecular complexity index is 431. The van der Waals surface area contributed by atoms with Crippen molar-refractivity contribution in [1.29, 1.82) is 0 Å². The quantitative estimate of drug-likeness (QED) is 0.287. The second-order valence-electron chi connectivity index (χ2n) is 6.34. The molecule has 0 aliphatic heterocycles. The van der Waals surface area contributed by atoms with Crippen LogP contribution in [0.2, 0.25) is 0 Å². The van der Waals surface area contributed by atoms with Gasteiger partial charge >= 0.3 is 0 Å². The third-order valence-corrected chi connectivity index (χ3v) is 3.64. The van der Waals surface area contributed by atoms with Gasteiger partial charge in [0.15, 0.2) is 0 Å². The van der Waals surface area contributed by atoms with Crippen LogP contribution in [0.5, 0.6) is 0 Å². The third kappa shape index (κ3) is 15.3. The Morgan fingerprint density at radius 1 is 1.04 bits per heavy atom. The fourth-order valence-corrected chi connectivity index (χ4v) is 2.15. The average Bonchev–Trinajstić information content (AvgIpc) is 2.55. The van der Waals surface area contributed by atoms with Gasteiger partial charge in [0, 0.05) is 6.54 Å².